The van der Waals surface area contributed by atoms with Crippen LogP contribution in [0.4, 0.5) is 4.79 Å². The number of rotatable bonds is 7. The van der Waals surface area contributed by atoms with E-state index in [4.69, 9.17) is 16.3 Å². The minimum atomic E-state index is -0.948. The van der Waals surface area contributed by atoms with Crippen molar-refractivity contribution in [3.8, 4) is 0 Å². The van der Waals surface area contributed by atoms with Crippen molar-refractivity contribution in [2.45, 2.75) is 58.3 Å². The van der Waals surface area contributed by atoms with Crippen LogP contribution < -0.4 is 5.32 Å². The molecule has 0 aliphatic heterocycles. The van der Waals surface area contributed by atoms with E-state index in [1.807, 2.05) is 6.92 Å². The van der Waals surface area contributed by atoms with E-state index in [1.165, 1.54) is 0 Å². The fraction of sp³-hybridized carbons (Fsp3) is 0.562. The van der Waals surface area contributed by atoms with Crippen molar-refractivity contribution < 1.29 is 14.6 Å². The Morgan fingerprint density at radius 3 is 2.62 bits per heavy atom. The number of carbonyl (C=O) groups is 1. The second-order valence-electron chi connectivity index (χ2n) is 5.11. The average molecular weight is 314 g/mol. The minimum absolute atomic E-state index is 0.104. The largest absolute Gasteiger partial charge is 0.443 e. The second-order valence-corrected chi connectivity index (χ2v) is 5.52. The lowest BCUT2D eigenvalue weighted by Gasteiger charge is -2.22. The molecule has 0 aromatic heterocycles. The number of hydrogen-bond acceptors (Lipinski definition) is 3. The molecular formula is C16H24ClNO3. The van der Waals surface area contributed by atoms with Crippen LogP contribution in [0.2, 0.25) is 5.02 Å². The Morgan fingerprint density at radius 1 is 1.38 bits per heavy atom. The van der Waals surface area contributed by atoms with Crippen molar-refractivity contribution >= 4 is 17.7 Å². The van der Waals surface area contributed by atoms with Gasteiger partial charge in [-0.2, -0.15) is 0 Å². The number of alkyl carbamates (subject to hydrolysis) is 1. The van der Waals surface area contributed by atoms with Gasteiger partial charge in [0.1, 0.15) is 12.2 Å². The molecule has 0 radical (unpaired) electrons. The lowest BCUT2D eigenvalue weighted by molar-refractivity contribution is 0.0106. The number of halogens is 1. The highest BCUT2D eigenvalue weighted by Crippen LogP contribution is 2.26. The van der Waals surface area contributed by atoms with Gasteiger partial charge >= 0.3 is 6.09 Å². The van der Waals surface area contributed by atoms with E-state index in [0.29, 0.717) is 10.6 Å². The number of carbonyl (C=O) groups excluding carboxylic acids is 1. The van der Waals surface area contributed by atoms with Gasteiger partial charge in [-0.25, -0.2) is 4.79 Å². The highest BCUT2D eigenvalue weighted by atomic mass is 35.5. The number of nitrogens with one attached hydrogen (secondary N) is 1. The minimum Gasteiger partial charge on any atom is -0.443 e. The molecule has 21 heavy (non-hydrogen) atoms. The molecule has 5 heteroatoms. The molecule has 0 aliphatic carbocycles. The van der Waals surface area contributed by atoms with E-state index >= 15 is 0 Å². The Morgan fingerprint density at radius 2 is 2.05 bits per heavy atom. The summed E-state index contributed by atoms with van der Waals surface area (Å²) in [5.74, 6) is 0. The maximum Gasteiger partial charge on any atom is 0.407 e. The molecule has 2 N–H and O–H groups in total. The number of benzene rings is 1. The normalized spacial score (nSPS) is 15.1. The lowest BCUT2D eigenvalue weighted by Crippen LogP contribution is -2.37. The Hall–Kier alpha value is -1.26. The number of hydrogen-bond donors (Lipinski definition) is 2. The van der Waals surface area contributed by atoms with Gasteiger partial charge < -0.3 is 15.2 Å². The Balaban J connectivity index is 2.58. The van der Waals surface area contributed by atoms with Crippen molar-refractivity contribution in [3.63, 3.8) is 0 Å². The molecule has 3 atom stereocenters. The van der Waals surface area contributed by atoms with Crippen LogP contribution in [0.5, 0.6) is 0 Å². The Kier molecular flexibility index (Phi) is 7.54. The molecule has 4 nitrogen and oxygen atoms in total. The topological polar surface area (TPSA) is 58.6 Å². The molecule has 0 fully saturated rings. The first-order valence-electron chi connectivity index (χ1n) is 7.39. The molecular weight excluding hydrogens is 290 g/mol. The number of aliphatic hydroxyl groups excluding tert-OH is 1. The zero-order valence-electron chi connectivity index (χ0n) is 12.8. The molecule has 1 rings (SSSR count). The highest BCUT2D eigenvalue weighted by Gasteiger charge is 2.23. The van der Waals surface area contributed by atoms with Crippen LogP contribution in [0.25, 0.3) is 0 Å². The molecule has 1 aromatic carbocycles. The Bertz CT molecular complexity index is 453. The van der Waals surface area contributed by atoms with Gasteiger partial charge in [0.2, 0.25) is 0 Å². The van der Waals surface area contributed by atoms with Crippen molar-refractivity contribution in [1.82, 2.24) is 5.32 Å². The fourth-order valence-electron chi connectivity index (χ4n) is 2.13. The van der Waals surface area contributed by atoms with Crippen LogP contribution in [-0.2, 0) is 4.74 Å². The van der Waals surface area contributed by atoms with Crippen molar-refractivity contribution in [2.24, 2.45) is 0 Å². The smallest absolute Gasteiger partial charge is 0.407 e. The molecule has 1 aromatic rings. The maximum atomic E-state index is 11.8. The van der Waals surface area contributed by atoms with Crippen LogP contribution >= 0.6 is 11.6 Å². The summed E-state index contributed by atoms with van der Waals surface area (Å²) in [5, 5.41) is 13.5. The third-order valence-electron chi connectivity index (χ3n) is 3.41. The maximum absolute atomic E-state index is 11.8. The first kappa shape index (κ1) is 17.8. The number of ether oxygens (including phenoxy) is 1. The SMILES string of the molecule is CCCC(CC)NC(=O)OC(C)C(O)c1ccccc1Cl. The molecule has 0 heterocycles. The monoisotopic (exact) mass is 313 g/mol. The third-order valence-corrected chi connectivity index (χ3v) is 3.76. The molecule has 118 valence electrons. The average Bonchev–Trinajstić information content (AvgIpc) is 2.46. The van der Waals surface area contributed by atoms with Gasteiger partial charge in [-0.3, -0.25) is 0 Å². The number of aliphatic hydroxyl groups is 1. The third kappa shape index (κ3) is 5.56. The van der Waals surface area contributed by atoms with Gasteiger partial charge in [0.25, 0.3) is 0 Å². The first-order valence-corrected chi connectivity index (χ1v) is 7.77. The van der Waals surface area contributed by atoms with Crippen LogP contribution in [0.3, 0.4) is 0 Å². The zero-order chi connectivity index (χ0) is 15.8. The standard InChI is InChI=1S/C16H24ClNO3/c1-4-8-12(5-2)18-16(20)21-11(3)15(19)13-9-6-7-10-14(13)17/h6-7,9-12,15,19H,4-5,8H2,1-3H3,(H,18,20). The van der Waals surface area contributed by atoms with E-state index in [1.54, 1.807) is 31.2 Å². The summed E-state index contributed by atoms with van der Waals surface area (Å²) < 4.78 is 5.24. The van der Waals surface area contributed by atoms with Gasteiger partial charge in [-0.15, -0.1) is 0 Å². The van der Waals surface area contributed by atoms with Crippen LogP contribution in [0, 0.1) is 0 Å². The van der Waals surface area contributed by atoms with E-state index < -0.39 is 18.3 Å². The number of amides is 1. The van der Waals surface area contributed by atoms with Crippen molar-refractivity contribution in [3.05, 3.63) is 34.9 Å². The quantitative estimate of drug-likeness (QED) is 0.798. The Labute approximate surface area is 131 Å². The fourth-order valence-corrected chi connectivity index (χ4v) is 2.38. The predicted octanol–water partition coefficient (Wildman–Crippen LogP) is 4.07. The van der Waals surface area contributed by atoms with Crippen LogP contribution in [0.15, 0.2) is 24.3 Å². The van der Waals surface area contributed by atoms with Gasteiger partial charge in [-0.1, -0.05) is 50.1 Å². The molecule has 0 spiro atoms. The summed E-state index contributed by atoms with van der Waals surface area (Å²) >= 11 is 6.03. The van der Waals surface area contributed by atoms with E-state index in [0.717, 1.165) is 19.3 Å². The first-order chi connectivity index (χ1) is 9.99. The summed E-state index contributed by atoms with van der Waals surface area (Å²) in [5.41, 5.74) is 0.556. The van der Waals surface area contributed by atoms with Gasteiger partial charge in [0.05, 0.1) is 0 Å². The van der Waals surface area contributed by atoms with Crippen LogP contribution in [-0.4, -0.2) is 23.3 Å². The second kappa shape index (κ2) is 8.90. The summed E-state index contributed by atoms with van der Waals surface area (Å²) in [6.07, 6.45) is 0.627. The predicted molar refractivity (Wildman–Crippen MR) is 84.5 cm³/mol. The molecule has 0 bridgehead atoms. The highest BCUT2D eigenvalue weighted by molar-refractivity contribution is 6.31. The van der Waals surface area contributed by atoms with Gasteiger partial charge in [0.15, 0.2) is 0 Å². The molecule has 3 unspecified atom stereocenters. The van der Waals surface area contributed by atoms with Crippen molar-refractivity contribution in [2.75, 3.05) is 0 Å². The molecule has 0 saturated carbocycles. The lowest BCUT2D eigenvalue weighted by atomic mass is 10.1. The summed E-state index contributed by atoms with van der Waals surface area (Å²) in [6, 6.07) is 7.09. The molecule has 0 saturated heterocycles. The van der Waals surface area contributed by atoms with E-state index in [9.17, 15) is 9.90 Å². The summed E-state index contributed by atoms with van der Waals surface area (Å²) in [4.78, 5) is 11.8. The summed E-state index contributed by atoms with van der Waals surface area (Å²) in [7, 11) is 0. The van der Waals surface area contributed by atoms with Crippen molar-refractivity contribution in [1.29, 1.82) is 0 Å². The molecule has 0 aliphatic rings. The van der Waals surface area contributed by atoms with E-state index in [-0.39, 0.29) is 6.04 Å². The summed E-state index contributed by atoms with van der Waals surface area (Å²) in [6.45, 7) is 5.73. The van der Waals surface area contributed by atoms with Gasteiger partial charge in [-0.05, 0) is 25.8 Å². The van der Waals surface area contributed by atoms with Crippen LogP contribution in [0.1, 0.15) is 51.7 Å². The van der Waals surface area contributed by atoms with Gasteiger partial charge in [0, 0.05) is 16.6 Å². The van der Waals surface area contributed by atoms with E-state index in [2.05, 4.69) is 12.2 Å². The zero-order valence-corrected chi connectivity index (χ0v) is 13.6. The molecule has 1 amide bonds.